The van der Waals surface area contributed by atoms with Crippen molar-refractivity contribution in [3.8, 4) is 0 Å². The quantitative estimate of drug-likeness (QED) is 0.774. The van der Waals surface area contributed by atoms with E-state index in [2.05, 4.69) is 30.4 Å². The van der Waals surface area contributed by atoms with Gasteiger partial charge in [0, 0.05) is 13.0 Å². The van der Waals surface area contributed by atoms with Gasteiger partial charge >= 0.3 is 6.03 Å². The van der Waals surface area contributed by atoms with E-state index in [0.717, 1.165) is 47.7 Å². The highest BCUT2D eigenvalue weighted by Gasteiger charge is 2.16. The summed E-state index contributed by atoms with van der Waals surface area (Å²) >= 11 is 1.46. The Morgan fingerprint density at radius 3 is 3.09 bits per heavy atom. The Morgan fingerprint density at radius 1 is 1.26 bits per heavy atom. The maximum atomic E-state index is 12.0. The van der Waals surface area contributed by atoms with E-state index in [1.807, 2.05) is 24.3 Å². The average Bonchev–Trinajstić information content (AvgIpc) is 3.16. The number of aryl methyl sites for hydroxylation is 1. The predicted octanol–water partition coefficient (Wildman–Crippen LogP) is 2.55. The number of carbonyl (C=O) groups excluding carboxylic acids is 1. The van der Waals surface area contributed by atoms with Gasteiger partial charge in [0.1, 0.15) is 5.82 Å². The van der Waals surface area contributed by atoms with E-state index >= 15 is 0 Å². The van der Waals surface area contributed by atoms with Crippen LogP contribution in [0.15, 0.2) is 24.3 Å². The molecule has 0 saturated carbocycles. The van der Waals surface area contributed by atoms with Gasteiger partial charge in [-0.3, -0.25) is 5.32 Å². The number of benzene rings is 1. The van der Waals surface area contributed by atoms with Crippen molar-refractivity contribution in [2.75, 3.05) is 5.32 Å². The molecule has 0 saturated heterocycles. The number of urea groups is 1. The number of para-hydroxylation sites is 1. The lowest BCUT2D eigenvalue weighted by atomic mass is 10.2. The summed E-state index contributed by atoms with van der Waals surface area (Å²) in [4.78, 5) is 16.4. The molecule has 0 aliphatic carbocycles. The molecule has 118 valence electrons. The molecule has 0 radical (unpaired) electrons. The zero-order chi connectivity index (χ0) is 15.6. The van der Waals surface area contributed by atoms with Crippen LogP contribution < -0.4 is 10.6 Å². The second-order valence-electron chi connectivity index (χ2n) is 5.44. The van der Waals surface area contributed by atoms with Crippen molar-refractivity contribution in [3.05, 3.63) is 35.9 Å². The van der Waals surface area contributed by atoms with Crippen molar-refractivity contribution in [1.29, 1.82) is 0 Å². The largest absolute Gasteiger partial charge is 0.331 e. The van der Waals surface area contributed by atoms with E-state index in [4.69, 9.17) is 0 Å². The lowest BCUT2D eigenvalue weighted by Gasteiger charge is -2.14. The van der Waals surface area contributed by atoms with Gasteiger partial charge in [0.05, 0.1) is 16.8 Å². The van der Waals surface area contributed by atoms with Crippen LogP contribution in [0.5, 0.6) is 0 Å². The van der Waals surface area contributed by atoms with Gasteiger partial charge in [-0.2, -0.15) is 0 Å². The van der Waals surface area contributed by atoms with E-state index in [-0.39, 0.29) is 6.03 Å². The average molecular weight is 328 g/mol. The van der Waals surface area contributed by atoms with Crippen molar-refractivity contribution in [2.45, 2.75) is 32.4 Å². The molecule has 1 aliphatic heterocycles. The molecule has 0 unspecified atom stereocenters. The molecule has 1 aromatic carbocycles. The summed E-state index contributed by atoms with van der Waals surface area (Å²) < 4.78 is 3.15. The first-order valence-electron chi connectivity index (χ1n) is 7.61. The van der Waals surface area contributed by atoms with E-state index in [0.29, 0.717) is 11.7 Å². The molecule has 2 amide bonds. The summed E-state index contributed by atoms with van der Waals surface area (Å²) in [5.41, 5.74) is 0.888. The van der Waals surface area contributed by atoms with Crippen molar-refractivity contribution in [1.82, 2.24) is 25.1 Å². The molecule has 0 bridgehead atoms. The van der Waals surface area contributed by atoms with Gasteiger partial charge in [-0.15, -0.1) is 10.2 Å². The first-order valence-corrected chi connectivity index (χ1v) is 8.42. The third kappa shape index (κ3) is 2.89. The Hall–Kier alpha value is -2.48. The van der Waals surface area contributed by atoms with Crippen LogP contribution in [-0.4, -0.2) is 25.8 Å². The number of thiazole rings is 1. The third-order valence-electron chi connectivity index (χ3n) is 3.86. The Kier molecular flexibility index (Phi) is 3.66. The zero-order valence-corrected chi connectivity index (χ0v) is 13.3. The van der Waals surface area contributed by atoms with Crippen LogP contribution in [0.1, 0.15) is 24.5 Å². The molecular formula is C15H16N6OS. The Bertz CT molecular complexity index is 822. The van der Waals surface area contributed by atoms with Crippen LogP contribution in [0, 0.1) is 0 Å². The number of carbonyl (C=O) groups is 1. The van der Waals surface area contributed by atoms with Gasteiger partial charge in [-0.1, -0.05) is 23.5 Å². The highest BCUT2D eigenvalue weighted by Crippen LogP contribution is 2.25. The number of hydrogen-bond donors (Lipinski definition) is 2. The molecule has 23 heavy (non-hydrogen) atoms. The van der Waals surface area contributed by atoms with Crippen LogP contribution in [0.2, 0.25) is 0 Å². The number of amides is 2. The molecule has 2 N–H and O–H groups in total. The summed E-state index contributed by atoms with van der Waals surface area (Å²) in [6.45, 7) is 1.29. The monoisotopic (exact) mass is 328 g/mol. The van der Waals surface area contributed by atoms with Crippen LogP contribution in [0.25, 0.3) is 10.2 Å². The van der Waals surface area contributed by atoms with Gasteiger partial charge in [0.15, 0.2) is 11.0 Å². The maximum absolute atomic E-state index is 12.0. The first-order chi connectivity index (χ1) is 11.3. The van der Waals surface area contributed by atoms with Crippen LogP contribution in [0.3, 0.4) is 0 Å². The molecule has 2 aromatic heterocycles. The molecule has 0 atom stereocenters. The van der Waals surface area contributed by atoms with Gasteiger partial charge in [-0.05, 0) is 25.0 Å². The number of rotatable bonds is 3. The van der Waals surface area contributed by atoms with E-state index < -0.39 is 0 Å². The second kappa shape index (κ2) is 5.96. The van der Waals surface area contributed by atoms with Crippen LogP contribution in [-0.2, 0) is 19.5 Å². The number of anilines is 1. The number of fused-ring (bicyclic) bond motifs is 2. The van der Waals surface area contributed by atoms with Gasteiger partial charge in [-0.25, -0.2) is 9.78 Å². The summed E-state index contributed by atoms with van der Waals surface area (Å²) in [6.07, 6.45) is 3.25. The summed E-state index contributed by atoms with van der Waals surface area (Å²) in [5, 5.41) is 14.5. The topological polar surface area (TPSA) is 84.7 Å². The molecule has 0 fully saturated rings. The molecule has 7 nitrogen and oxygen atoms in total. The molecule has 4 rings (SSSR count). The van der Waals surface area contributed by atoms with Crippen LogP contribution in [0.4, 0.5) is 9.93 Å². The zero-order valence-electron chi connectivity index (χ0n) is 12.5. The smallest absolute Gasteiger partial charge is 0.321 e. The number of nitrogens with zero attached hydrogens (tertiary/aromatic N) is 4. The minimum absolute atomic E-state index is 0.280. The van der Waals surface area contributed by atoms with Crippen molar-refractivity contribution in [2.24, 2.45) is 0 Å². The summed E-state index contributed by atoms with van der Waals surface area (Å²) in [7, 11) is 0. The lowest BCUT2D eigenvalue weighted by Crippen LogP contribution is -2.29. The Balaban J connectivity index is 1.39. The summed E-state index contributed by atoms with van der Waals surface area (Å²) in [5.74, 6) is 1.82. The standard InChI is InChI=1S/C15H16N6OS/c22-14(18-15-17-10-5-1-2-6-11(10)23-15)16-9-13-20-19-12-7-3-4-8-21(12)13/h1-2,5-6H,3-4,7-9H2,(H2,16,17,18,22). The molecule has 0 spiro atoms. The number of aromatic nitrogens is 4. The Morgan fingerprint density at radius 2 is 2.17 bits per heavy atom. The second-order valence-corrected chi connectivity index (χ2v) is 6.47. The van der Waals surface area contributed by atoms with Crippen molar-refractivity contribution >= 4 is 32.7 Å². The maximum Gasteiger partial charge on any atom is 0.321 e. The van der Waals surface area contributed by atoms with Crippen LogP contribution >= 0.6 is 11.3 Å². The Labute approximate surface area is 136 Å². The van der Waals surface area contributed by atoms with Crippen molar-refractivity contribution in [3.63, 3.8) is 0 Å². The van der Waals surface area contributed by atoms with Crippen molar-refractivity contribution < 1.29 is 4.79 Å². The minimum atomic E-state index is -0.280. The third-order valence-corrected chi connectivity index (χ3v) is 4.81. The van der Waals surface area contributed by atoms with E-state index in [1.54, 1.807) is 0 Å². The lowest BCUT2D eigenvalue weighted by molar-refractivity contribution is 0.251. The molecule has 1 aliphatic rings. The van der Waals surface area contributed by atoms with Gasteiger partial charge in [0.25, 0.3) is 0 Å². The fourth-order valence-electron chi connectivity index (χ4n) is 2.73. The SMILES string of the molecule is O=C(NCc1nnc2n1CCCC2)Nc1nc2ccccc2s1. The molecule has 3 heterocycles. The summed E-state index contributed by atoms with van der Waals surface area (Å²) in [6, 6.07) is 7.52. The van der Waals surface area contributed by atoms with E-state index in [1.165, 1.54) is 11.3 Å². The normalized spacial score (nSPS) is 13.7. The van der Waals surface area contributed by atoms with E-state index in [9.17, 15) is 4.79 Å². The first kappa shape index (κ1) is 14.1. The van der Waals surface area contributed by atoms with Gasteiger partial charge in [0.2, 0.25) is 0 Å². The fraction of sp³-hybridized carbons (Fsp3) is 0.333. The number of hydrogen-bond acceptors (Lipinski definition) is 5. The highest BCUT2D eigenvalue weighted by molar-refractivity contribution is 7.22. The molecule has 3 aromatic rings. The fourth-order valence-corrected chi connectivity index (χ4v) is 3.59. The highest BCUT2D eigenvalue weighted by atomic mass is 32.1. The molecular weight excluding hydrogens is 312 g/mol. The molecule has 8 heteroatoms. The number of nitrogens with one attached hydrogen (secondary N) is 2. The minimum Gasteiger partial charge on any atom is -0.331 e. The van der Waals surface area contributed by atoms with Gasteiger partial charge < -0.3 is 9.88 Å². The predicted molar refractivity (Wildman–Crippen MR) is 88.4 cm³/mol.